The largest absolute Gasteiger partial charge is 0.332 e. The van der Waals surface area contributed by atoms with Crippen LogP contribution in [0.3, 0.4) is 0 Å². The maximum atomic E-state index is 2.42. The van der Waals surface area contributed by atoms with Gasteiger partial charge in [0.05, 0.1) is 5.54 Å². The summed E-state index contributed by atoms with van der Waals surface area (Å²) in [5.41, 5.74) is 3.75. The van der Waals surface area contributed by atoms with Crippen LogP contribution in [0.25, 0.3) is 0 Å². The van der Waals surface area contributed by atoms with E-state index in [1.165, 1.54) is 16.9 Å². The van der Waals surface area contributed by atoms with Gasteiger partial charge in [-0.3, -0.25) is 0 Å². The van der Waals surface area contributed by atoms with Crippen LogP contribution in [0.15, 0.2) is 84.5 Å². The van der Waals surface area contributed by atoms with E-state index in [1.54, 1.807) is 0 Å². The van der Waals surface area contributed by atoms with E-state index in [2.05, 4.69) is 97.6 Å². The molecule has 1 atom stereocenters. The second-order valence-corrected chi connectivity index (χ2v) is 5.85. The first-order chi connectivity index (χ1) is 10.2. The van der Waals surface area contributed by atoms with E-state index >= 15 is 0 Å². The van der Waals surface area contributed by atoms with E-state index in [1.807, 2.05) is 0 Å². The summed E-state index contributed by atoms with van der Waals surface area (Å²) in [5.74, 6) is 0. The predicted octanol–water partition coefficient (Wildman–Crippen LogP) is 5.49. The Morgan fingerprint density at radius 2 is 1.38 bits per heavy atom. The zero-order valence-electron chi connectivity index (χ0n) is 12.7. The fourth-order valence-corrected chi connectivity index (χ4v) is 2.87. The van der Waals surface area contributed by atoms with E-state index < -0.39 is 0 Å². The quantitative estimate of drug-likeness (QED) is 0.716. The van der Waals surface area contributed by atoms with Crippen molar-refractivity contribution in [2.75, 3.05) is 4.90 Å². The van der Waals surface area contributed by atoms with Crippen LogP contribution in [0.4, 0.5) is 11.4 Å². The summed E-state index contributed by atoms with van der Waals surface area (Å²) in [6, 6.07) is 21.2. The fourth-order valence-electron chi connectivity index (χ4n) is 2.87. The number of para-hydroxylation sites is 2. The molecule has 1 heteroatoms. The molecule has 0 fully saturated rings. The molecule has 106 valence electrons. The number of anilines is 2. The van der Waals surface area contributed by atoms with Crippen molar-refractivity contribution in [3.63, 3.8) is 0 Å². The minimum atomic E-state index is -0.0395. The van der Waals surface area contributed by atoms with Crippen LogP contribution >= 0.6 is 0 Å². The van der Waals surface area contributed by atoms with Gasteiger partial charge in [-0.05, 0) is 44.5 Å². The first-order valence-electron chi connectivity index (χ1n) is 7.45. The summed E-state index contributed by atoms with van der Waals surface area (Å²) in [7, 11) is 0. The minimum absolute atomic E-state index is 0.0395. The van der Waals surface area contributed by atoms with Crippen molar-refractivity contribution in [3.05, 3.63) is 84.5 Å². The Bertz CT molecular complexity index is 615. The molecular formula is C20H21N. The Morgan fingerprint density at radius 1 is 0.857 bits per heavy atom. The fraction of sp³-hybridized carbons (Fsp3) is 0.200. The highest BCUT2D eigenvalue weighted by atomic mass is 15.2. The molecule has 21 heavy (non-hydrogen) atoms. The number of hydrogen-bond donors (Lipinski definition) is 0. The van der Waals surface area contributed by atoms with Crippen molar-refractivity contribution in [1.29, 1.82) is 0 Å². The topological polar surface area (TPSA) is 3.24 Å². The Kier molecular flexibility index (Phi) is 3.66. The van der Waals surface area contributed by atoms with Gasteiger partial charge in [0.1, 0.15) is 0 Å². The Balaban J connectivity index is 2.08. The molecule has 0 amide bonds. The summed E-state index contributed by atoms with van der Waals surface area (Å²) < 4.78 is 0. The van der Waals surface area contributed by atoms with Gasteiger partial charge in [0.15, 0.2) is 0 Å². The molecule has 2 aromatic carbocycles. The lowest BCUT2D eigenvalue weighted by Crippen LogP contribution is -2.42. The molecule has 0 saturated carbocycles. The first-order valence-corrected chi connectivity index (χ1v) is 7.45. The number of rotatable bonds is 3. The van der Waals surface area contributed by atoms with Crippen molar-refractivity contribution >= 4 is 11.4 Å². The number of allylic oxidation sites excluding steroid dienone is 2. The maximum absolute atomic E-state index is 2.42. The van der Waals surface area contributed by atoms with E-state index in [-0.39, 0.29) is 5.54 Å². The van der Waals surface area contributed by atoms with Crippen molar-refractivity contribution < 1.29 is 0 Å². The van der Waals surface area contributed by atoms with Crippen LogP contribution in [0, 0.1) is 0 Å². The van der Waals surface area contributed by atoms with E-state index in [9.17, 15) is 0 Å². The average Bonchev–Trinajstić information content (AvgIpc) is 2.53. The monoisotopic (exact) mass is 275 g/mol. The average molecular weight is 275 g/mol. The summed E-state index contributed by atoms with van der Waals surface area (Å²) in [6.07, 6.45) is 7.88. The standard InChI is InChI=1S/C20H21N/c1-17-13-15-20(2,16-14-17)21(18-9-5-3-6-10-18)19-11-7-4-8-12-19/h3-15H,16H2,1-2H3. The lowest BCUT2D eigenvalue weighted by Gasteiger charge is -2.42. The van der Waals surface area contributed by atoms with E-state index in [4.69, 9.17) is 0 Å². The van der Waals surface area contributed by atoms with Crippen molar-refractivity contribution in [2.45, 2.75) is 25.8 Å². The molecular weight excluding hydrogens is 254 g/mol. The predicted molar refractivity (Wildman–Crippen MR) is 90.9 cm³/mol. The summed E-state index contributed by atoms with van der Waals surface area (Å²) in [5, 5.41) is 0. The summed E-state index contributed by atoms with van der Waals surface area (Å²) in [6.45, 7) is 4.46. The highest BCUT2D eigenvalue weighted by molar-refractivity contribution is 5.67. The van der Waals surface area contributed by atoms with Crippen LogP contribution < -0.4 is 4.90 Å². The second-order valence-electron chi connectivity index (χ2n) is 5.85. The maximum Gasteiger partial charge on any atom is 0.0643 e. The summed E-state index contributed by atoms with van der Waals surface area (Å²) >= 11 is 0. The third-order valence-electron chi connectivity index (χ3n) is 4.08. The minimum Gasteiger partial charge on any atom is -0.332 e. The molecule has 0 saturated heterocycles. The molecule has 0 N–H and O–H groups in total. The Hall–Kier alpha value is -2.28. The van der Waals surface area contributed by atoms with Gasteiger partial charge in [-0.15, -0.1) is 0 Å². The number of hydrogen-bond acceptors (Lipinski definition) is 1. The second kappa shape index (κ2) is 5.61. The van der Waals surface area contributed by atoms with Crippen LogP contribution in [0.1, 0.15) is 20.3 Å². The number of benzene rings is 2. The molecule has 0 heterocycles. The van der Waals surface area contributed by atoms with Gasteiger partial charge in [0.25, 0.3) is 0 Å². The number of nitrogens with zero attached hydrogens (tertiary/aromatic N) is 1. The molecule has 1 nitrogen and oxygen atoms in total. The molecule has 1 aliphatic carbocycles. The highest BCUT2D eigenvalue weighted by Gasteiger charge is 2.31. The SMILES string of the molecule is CC1=CCC(C)(N(c2ccccc2)c2ccccc2)C=C1. The summed E-state index contributed by atoms with van der Waals surface area (Å²) in [4.78, 5) is 2.42. The van der Waals surface area contributed by atoms with Gasteiger partial charge in [-0.2, -0.15) is 0 Å². The normalized spacial score (nSPS) is 21.0. The van der Waals surface area contributed by atoms with Crippen LogP contribution in [0.5, 0.6) is 0 Å². The molecule has 0 aliphatic heterocycles. The van der Waals surface area contributed by atoms with Crippen LogP contribution in [-0.4, -0.2) is 5.54 Å². The molecule has 3 rings (SSSR count). The molecule has 0 bridgehead atoms. The Morgan fingerprint density at radius 3 is 1.81 bits per heavy atom. The highest BCUT2D eigenvalue weighted by Crippen LogP contribution is 2.38. The molecule has 1 unspecified atom stereocenters. The van der Waals surface area contributed by atoms with Gasteiger partial charge < -0.3 is 4.90 Å². The molecule has 2 aromatic rings. The van der Waals surface area contributed by atoms with Gasteiger partial charge in [-0.25, -0.2) is 0 Å². The van der Waals surface area contributed by atoms with Gasteiger partial charge in [0.2, 0.25) is 0 Å². The van der Waals surface area contributed by atoms with Crippen molar-refractivity contribution in [3.8, 4) is 0 Å². The van der Waals surface area contributed by atoms with Crippen molar-refractivity contribution in [1.82, 2.24) is 0 Å². The Labute approximate surface area is 127 Å². The lowest BCUT2D eigenvalue weighted by atomic mass is 9.88. The third kappa shape index (κ3) is 2.78. The van der Waals surface area contributed by atoms with Gasteiger partial charge >= 0.3 is 0 Å². The third-order valence-corrected chi connectivity index (χ3v) is 4.08. The zero-order chi connectivity index (χ0) is 14.7. The zero-order valence-corrected chi connectivity index (χ0v) is 12.7. The van der Waals surface area contributed by atoms with Gasteiger partial charge in [-0.1, -0.05) is 60.2 Å². The molecule has 0 radical (unpaired) electrons. The van der Waals surface area contributed by atoms with Crippen molar-refractivity contribution in [2.24, 2.45) is 0 Å². The molecule has 0 aromatic heterocycles. The lowest BCUT2D eigenvalue weighted by molar-refractivity contribution is 0.567. The molecule has 1 aliphatic rings. The molecule has 0 spiro atoms. The van der Waals surface area contributed by atoms with Crippen LogP contribution in [-0.2, 0) is 0 Å². The van der Waals surface area contributed by atoms with E-state index in [0.29, 0.717) is 0 Å². The smallest absolute Gasteiger partial charge is 0.0643 e. The van der Waals surface area contributed by atoms with E-state index in [0.717, 1.165) is 6.42 Å². The van der Waals surface area contributed by atoms with Crippen LogP contribution in [0.2, 0.25) is 0 Å². The van der Waals surface area contributed by atoms with Gasteiger partial charge in [0, 0.05) is 11.4 Å². The first kappa shape index (κ1) is 13.7.